The van der Waals surface area contributed by atoms with Crippen LogP contribution in [0.15, 0.2) is 0 Å². The third-order valence-corrected chi connectivity index (χ3v) is 0. The number of rotatable bonds is 0. The zero-order chi connectivity index (χ0) is 0. The van der Waals surface area contributed by atoms with Crippen LogP contribution in [0.5, 0.6) is 0 Å². The van der Waals surface area contributed by atoms with Crippen molar-refractivity contribution >= 4 is 11.0 Å². The summed E-state index contributed by atoms with van der Waals surface area (Å²) < 4.78 is 0. The largest absolute Gasteiger partial charge is 0.0149 e. The number of hydrogen-bond acceptors (Lipinski definition) is 0. The summed E-state index contributed by atoms with van der Waals surface area (Å²) in [6, 6.07) is 0. The summed E-state index contributed by atoms with van der Waals surface area (Å²) in [7, 11) is 0. The predicted molar refractivity (Wildman–Crippen MR) is 11.3 cm³/mol. The fourth-order valence-corrected chi connectivity index (χ4v) is 0. The quantitative estimate of drug-likeness (QED) is 0.452. The second kappa shape index (κ2) is 30.9. The fraction of sp³-hybridized carbons (Fsp3) is 0. The van der Waals surface area contributed by atoms with E-state index in [1.54, 1.807) is 0 Å². The maximum atomic E-state index is 0. The van der Waals surface area contributed by atoms with E-state index in [2.05, 4.69) is 0 Å². The van der Waals surface area contributed by atoms with E-state index in [0.717, 1.165) is 0 Å². The van der Waals surface area contributed by atoms with Crippen molar-refractivity contribution in [2.75, 3.05) is 0 Å². The SMILES string of the molecule is [Cr].[Mn].[SiH4].[Ti].[V]. The van der Waals surface area contributed by atoms with E-state index in [-0.39, 0.29) is 85.7 Å². The van der Waals surface area contributed by atoms with Crippen LogP contribution in [-0.2, 0) is 74.7 Å². The van der Waals surface area contributed by atoms with Crippen LogP contribution in [0.1, 0.15) is 0 Å². The molecule has 0 spiro atoms. The van der Waals surface area contributed by atoms with Crippen LogP contribution in [0.3, 0.4) is 0 Å². The van der Waals surface area contributed by atoms with Crippen LogP contribution >= 0.6 is 0 Å². The fourth-order valence-electron chi connectivity index (χ4n) is 0. The van der Waals surface area contributed by atoms with Gasteiger partial charge in [-0.1, -0.05) is 0 Å². The molecule has 0 aliphatic rings. The molecule has 0 heterocycles. The Labute approximate surface area is 84.6 Å². The molecular formula is H4CrMnSiTiV. The first-order valence-corrected chi connectivity index (χ1v) is 0. The zero-order valence-electron chi connectivity index (χ0n) is 1.73. The van der Waals surface area contributed by atoms with Crippen LogP contribution in [0.4, 0.5) is 0 Å². The van der Waals surface area contributed by atoms with Gasteiger partial charge in [-0.3, -0.25) is 0 Å². The first-order valence-electron chi connectivity index (χ1n) is 0. The maximum Gasteiger partial charge on any atom is 0 e. The Bertz CT molecular complexity index is 11.6. The van der Waals surface area contributed by atoms with Gasteiger partial charge in [0.05, 0.1) is 0 Å². The smallest absolute Gasteiger partial charge is 0 e. The molecule has 0 saturated heterocycles. The van der Waals surface area contributed by atoms with E-state index < -0.39 is 0 Å². The molecule has 0 nitrogen and oxygen atoms in total. The normalized spacial score (nSPS) is 0. The van der Waals surface area contributed by atoms with Gasteiger partial charge in [0.1, 0.15) is 0 Å². The molecule has 5 heavy (non-hydrogen) atoms. The van der Waals surface area contributed by atoms with Crippen molar-refractivity contribution in [1.29, 1.82) is 0 Å². The summed E-state index contributed by atoms with van der Waals surface area (Å²) in [5.74, 6) is 0. The molecular weight excluding hydrogens is 234 g/mol. The molecule has 0 aliphatic heterocycles. The van der Waals surface area contributed by atoms with Crippen LogP contribution in [-0.4, -0.2) is 11.0 Å². The molecule has 0 amide bonds. The molecule has 0 bridgehead atoms. The molecule has 0 saturated carbocycles. The van der Waals surface area contributed by atoms with Gasteiger partial charge in [-0.2, -0.15) is 0 Å². The Hall–Kier alpha value is 2.57. The predicted octanol–water partition coefficient (Wildman–Crippen LogP) is -1.46. The third kappa shape index (κ3) is 20.8. The van der Waals surface area contributed by atoms with Crippen LogP contribution < -0.4 is 0 Å². The van der Waals surface area contributed by atoms with Crippen molar-refractivity contribution in [1.82, 2.24) is 0 Å². The summed E-state index contributed by atoms with van der Waals surface area (Å²) in [5.41, 5.74) is 0. The topological polar surface area (TPSA) is 0 Å². The van der Waals surface area contributed by atoms with E-state index in [1.165, 1.54) is 0 Å². The van der Waals surface area contributed by atoms with Gasteiger partial charge in [-0.05, 0) is 11.0 Å². The average molecular weight is 238 g/mol. The van der Waals surface area contributed by atoms with E-state index in [4.69, 9.17) is 0 Å². The summed E-state index contributed by atoms with van der Waals surface area (Å²) in [5, 5.41) is 0. The Morgan fingerprint density at radius 3 is 1.00 bits per heavy atom. The van der Waals surface area contributed by atoms with E-state index >= 15 is 0 Å². The molecule has 0 aromatic rings. The Morgan fingerprint density at radius 1 is 1.00 bits per heavy atom. The summed E-state index contributed by atoms with van der Waals surface area (Å²) in [6.07, 6.45) is 0. The van der Waals surface area contributed by atoms with E-state index in [0.29, 0.717) is 0 Å². The average Bonchev–Trinajstić information content (AvgIpc) is 0. The summed E-state index contributed by atoms with van der Waals surface area (Å²) >= 11 is 0. The maximum absolute atomic E-state index is 0. The standard InChI is InChI=1S/Cr.Mn.H4Si.Ti.V/h;;1H4;;. The van der Waals surface area contributed by atoms with Crippen molar-refractivity contribution < 1.29 is 74.7 Å². The minimum atomic E-state index is 0. The van der Waals surface area contributed by atoms with Gasteiger partial charge in [-0.15, -0.1) is 0 Å². The van der Waals surface area contributed by atoms with Crippen LogP contribution in [0.25, 0.3) is 0 Å². The second-order valence-electron chi connectivity index (χ2n) is 0. The van der Waals surface area contributed by atoms with Gasteiger partial charge in [0.25, 0.3) is 0 Å². The van der Waals surface area contributed by atoms with Crippen molar-refractivity contribution in [3.8, 4) is 0 Å². The van der Waals surface area contributed by atoms with Crippen LogP contribution in [0.2, 0.25) is 0 Å². The molecule has 0 N–H and O–H groups in total. The summed E-state index contributed by atoms with van der Waals surface area (Å²) in [6.45, 7) is 0. The molecule has 5 heteroatoms. The van der Waals surface area contributed by atoms with E-state index in [1.807, 2.05) is 0 Å². The van der Waals surface area contributed by atoms with Crippen LogP contribution in [0, 0.1) is 0 Å². The molecule has 0 fully saturated rings. The van der Waals surface area contributed by atoms with Gasteiger partial charge in [0.15, 0.2) is 0 Å². The minimum Gasteiger partial charge on any atom is -0.0149 e. The van der Waals surface area contributed by atoms with Crippen molar-refractivity contribution in [3.63, 3.8) is 0 Å². The molecule has 2 radical (unpaired) electrons. The van der Waals surface area contributed by atoms with E-state index in [9.17, 15) is 0 Å². The first kappa shape index (κ1) is 49.5. The molecule has 0 unspecified atom stereocenters. The molecule has 0 aliphatic carbocycles. The van der Waals surface area contributed by atoms with Gasteiger partial charge in [0.2, 0.25) is 0 Å². The molecule has 0 aromatic heterocycles. The van der Waals surface area contributed by atoms with Crippen molar-refractivity contribution in [3.05, 3.63) is 0 Å². The zero-order valence-corrected chi connectivity index (χ0v) is 7.15. The first-order chi connectivity index (χ1) is 0. The molecule has 0 atom stereocenters. The molecule has 30 valence electrons. The second-order valence-corrected chi connectivity index (χ2v) is 0. The van der Waals surface area contributed by atoms with Crippen molar-refractivity contribution in [2.45, 2.75) is 0 Å². The monoisotopic (exact) mass is 238 g/mol. The van der Waals surface area contributed by atoms with Gasteiger partial charge in [-0.25, -0.2) is 0 Å². The Balaban J connectivity index is 0. The van der Waals surface area contributed by atoms with Crippen molar-refractivity contribution in [2.24, 2.45) is 0 Å². The van der Waals surface area contributed by atoms with Gasteiger partial charge < -0.3 is 0 Å². The van der Waals surface area contributed by atoms with Gasteiger partial charge in [0, 0.05) is 74.7 Å². The third-order valence-electron chi connectivity index (χ3n) is 0. The Kier molecular flexibility index (Phi) is 306. The molecule has 0 rings (SSSR count). The van der Waals surface area contributed by atoms with Gasteiger partial charge >= 0.3 is 0 Å². The molecule has 0 aromatic carbocycles. The number of hydrogen-bond donors (Lipinski definition) is 0. The minimum absolute atomic E-state index is 0. The Morgan fingerprint density at radius 2 is 1.00 bits per heavy atom. The summed E-state index contributed by atoms with van der Waals surface area (Å²) in [4.78, 5) is 0.